The lowest BCUT2D eigenvalue weighted by atomic mass is 10.1. The number of likely N-dealkylation sites (tertiary alicyclic amines) is 1. The van der Waals surface area contributed by atoms with Gasteiger partial charge in [0.15, 0.2) is 0 Å². The van der Waals surface area contributed by atoms with E-state index in [1.165, 1.54) is 4.90 Å². The SMILES string of the molecule is O=C(CCCN1C(=O)c2ccc(Br)cc2C1=O)NCCN1CCCCCC1=O. The second-order valence-electron chi connectivity index (χ2n) is 7.10. The molecule has 1 aromatic carbocycles. The molecule has 150 valence electrons. The average Bonchev–Trinajstić information content (AvgIpc) is 2.80. The van der Waals surface area contributed by atoms with Crippen molar-refractivity contribution in [3.05, 3.63) is 33.8 Å². The van der Waals surface area contributed by atoms with Gasteiger partial charge >= 0.3 is 0 Å². The van der Waals surface area contributed by atoms with Gasteiger partial charge in [0.05, 0.1) is 11.1 Å². The molecular formula is C20H24BrN3O4. The van der Waals surface area contributed by atoms with E-state index in [1.807, 2.05) is 4.90 Å². The number of fused-ring (bicyclic) bond motifs is 1. The Morgan fingerprint density at radius 3 is 2.64 bits per heavy atom. The van der Waals surface area contributed by atoms with Crippen LogP contribution in [0.2, 0.25) is 0 Å². The maximum absolute atomic E-state index is 12.4. The quantitative estimate of drug-likeness (QED) is 0.647. The van der Waals surface area contributed by atoms with E-state index in [0.717, 1.165) is 30.3 Å². The first-order valence-electron chi connectivity index (χ1n) is 9.67. The maximum atomic E-state index is 12.4. The summed E-state index contributed by atoms with van der Waals surface area (Å²) in [6, 6.07) is 5.01. The molecule has 1 N–H and O–H groups in total. The first-order chi connectivity index (χ1) is 13.5. The lowest BCUT2D eigenvalue weighted by molar-refractivity contribution is -0.131. The highest BCUT2D eigenvalue weighted by atomic mass is 79.9. The minimum Gasteiger partial charge on any atom is -0.354 e. The third-order valence-electron chi connectivity index (χ3n) is 5.09. The number of nitrogens with one attached hydrogen (secondary N) is 1. The van der Waals surface area contributed by atoms with Gasteiger partial charge < -0.3 is 10.2 Å². The topological polar surface area (TPSA) is 86.8 Å². The molecule has 1 aromatic rings. The minimum atomic E-state index is -0.318. The fourth-order valence-corrected chi connectivity index (χ4v) is 3.92. The van der Waals surface area contributed by atoms with Crippen LogP contribution in [0.25, 0.3) is 0 Å². The largest absolute Gasteiger partial charge is 0.354 e. The van der Waals surface area contributed by atoms with Crippen molar-refractivity contribution in [1.29, 1.82) is 0 Å². The molecule has 0 aromatic heterocycles. The van der Waals surface area contributed by atoms with Crippen molar-refractivity contribution in [2.45, 2.75) is 38.5 Å². The van der Waals surface area contributed by atoms with Gasteiger partial charge in [0.25, 0.3) is 11.8 Å². The predicted octanol–water partition coefficient (Wildman–Crippen LogP) is 2.34. The molecule has 0 aliphatic carbocycles. The number of nitrogens with zero attached hydrogens (tertiary/aromatic N) is 2. The van der Waals surface area contributed by atoms with E-state index >= 15 is 0 Å². The van der Waals surface area contributed by atoms with Crippen molar-refractivity contribution in [2.75, 3.05) is 26.2 Å². The summed E-state index contributed by atoms with van der Waals surface area (Å²) in [5.74, 6) is -0.611. The second-order valence-corrected chi connectivity index (χ2v) is 8.01. The molecule has 1 fully saturated rings. The van der Waals surface area contributed by atoms with E-state index in [9.17, 15) is 19.2 Å². The number of hydrogen-bond donors (Lipinski definition) is 1. The summed E-state index contributed by atoms with van der Waals surface area (Å²) < 4.78 is 0.747. The summed E-state index contributed by atoms with van der Waals surface area (Å²) in [5.41, 5.74) is 0.797. The third kappa shape index (κ3) is 4.79. The van der Waals surface area contributed by atoms with Crippen LogP contribution in [0, 0.1) is 0 Å². The predicted molar refractivity (Wildman–Crippen MR) is 107 cm³/mol. The number of hydrogen-bond acceptors (Lipinski definition) is 4. The molecular weight excluding hydrogens is 426 g/mol. The van der Waals surface area contributed by atoms with Gasteiger partial charge in [0.2, 0.25) is 11.8 Å². The molecule has 2 aliphatic heterocycles. The number of imide groups is 1. The van der Waals surface area contributed by atoms with Crippen LogP contribution >= 0.6 is 15.9 Å². The summed E-state index contributed by atoms with van der Waals surface area (Å²) in [4.78, 5) is 51.7. The zero-order chi connectivity index (χ0) is 20.1. The molecule has 0 saturated carbocycles. The lowest BCUT2D eigenvalue weighted by Gasteiger charge is -2.20. The first-order valence-corrected chi connectivity index (χ1v) is 10.5. The highest BCUT2D eigenvalue weighted by Gasteiger charge is 2.35. The van der Waals surface area contributed by atoms with Crippen molar-refractivity contribution < 1.29 is 19.2 Å². The van der Waals surface area contributed by atoms with Crippen molar-refractivity contribution in [1.82, 2.24) is 15.1 Å². The molecule has 4 amide bonds. The van der Waals surface area contributed by atoms with Crippen molar-refractivity contribution in [3.8, 4) is 0 Å². The van der Waals surface area contributed by atoms with Crippen LogP contribution in [0.5, 0.6) is 0 Å². The second kappa shape index (κ2) is 9.32. The Balaban J connectivity index is 1.39. The summed E-state index contributed by atoms with van der Waals surface area (Å²) in [5, 5.41) is 2.82. The molecule has 0 atom stereocenters. The Morgan fingerprint density at radius 1 is 1.04 bits per heavy atom. The molecule has 1 saturated heterocycles. The van der Waals surface area contributed by atoms with E-state index in [2.05, 4.69) is 21.2 Å². The molecule has 0 unspecified atom stereocenters. The van der Waals surface area contributed by atoms with Crippen LogP contribution in [0.15, 0.2) is 22.7 Å². The van der Waals surface area contributed by atoms with E-state index < -0.39 is 0 Å². The Bertz CT molecular complexity index is 796. The van der Waals surface area contributed by atoms with Gasteiger partial charge in [-0.15, -0.1) is 0 Å². The summed E-state index contributed by atoms with van der Waals surface area (Å²) >= 11 is 3.31. The van der Waals surface area contributed by atoms with Gasteiger partial charge in [-0.25, -0.2) is 0 Å². The number of amides is 4. The Labute approximate surface area is 172 Å². The van der Waals surface area contributed by atoms with Crippen LogP contribution in [0.4, 0.5) is 0 Å². The minimum absolute atomic E-state index is 0.137. The normalized spacial score (nSPS) is 17.0. The number of rotatable bonds is 7. The summed E-state index contributed by atoms with van der Waals surface area (Å²) in [6.45, 7) is 1.91. The fraction of sp³-hybridized carbons (Fsp3) is 0.500. The highest BCUT2D eigenvalue weighted by Crippen LogP contribution is 2.26. The molecule has 0 spiro atoms. The number of halogens is 1. The van der Waals surface area contributed by atoms with Gasteiger partial charge in [0, 0.05) is 43.5 Å². The molecule has 3 rings (SSSR count). The lowest BCUT2D eigenvalue weighted by Crippen LogP contribution is -2.38. The Hall–Kier alpha value is -2.22. The number of carbonyl (C=O) groups is 4. The van der Waals surface area contributed by atoms with Crippen LogP contribution < -0.4 is 5.32 Å². The van der Waals surface area contributed by atoms with Crippen molar-refractivity contribution in [2.24, 2.45) is 0 Å². The van der Waals surface area contributed by atoms with Gasteiger partial charge in [-0.1, -0.05) is 22.4 Å². The van der Waals surface area contributed by atoms with Gasteiger partial charge in [-0.2, -0.15) is 0 Å². The van der Waals surface area contributed by atoms with Crippen LogP contribution in [0.1, 0.15) is 59.2 Å². The molecule has 7 nitrogen and oxygen atoms in total. The Kier molecular flexibility index (Phi) is 6.83. The Morgan fingerprint density at radius 2 is 1.82 bits per heavy atom. The van der Waals surface area contributed by atoms with E-state index in [0.29, 0.717) is 37.1 Å². The summed E-state index contributed by atoms with van der Waals surface area (Å²) in [7, 11) is 0. The van der Waals surface area contributed by atoms with Crippen molar-refractivity contribution in [3.63, 3.8) is 0 Å². The van der Waals surface area contributed by atoms with Crippen LogP contribution in [-0.4, -0.2) is 59.6 Å². The highest BCUT2D eigenvalue weighted by molar-refractivity contribution is 9.10. The maximum Gasteiger partial charge on any atom is 0.261 e. The third-order valence-corrected chi connectivity index (χ3v) is 5.59. The van der Waals surface area contributed by atoms with Gasteiger partial charge in [0.1, 0.15) is 0 Å². The smallest absolute Gasteiger partial charge is 0.261 e. The zero-order valence-corrected chi connectivity index (χ0v) is 17.3. The van der Waals surface area contributed by atoms with Crippen molar-refractivity contribution >= 4 is 39.6 Å². The number of carbonyl (C=O) groups excluding carboxylic acids is 4. The van der Waals surface area contributed by atoms with Crippen LogP contribution in [-0.2, 0) is 9.59 Å². The number of benzene rings is 1. The molecule has 2 heterocycles. The van der Waals surface area contributed by atoms with Gasteiger partial charge in [-0.05, 0) is 37.5 Å². The van der Waals surface area contributed by atoms with Gasteiger partial charge in [-0.3, -0.25) is 24.1 Å². The zero-order valence-electron chi connectivity index (χ0n) is 15.7. The monoisotopic (exact) mass is 449 g/mol. The average molecular weight is 450 g/mol. The molecule has 28 heavy (non-hydrogen) atoms. The van der Waals surface area contributed by atoms with E-state index in [1.54, 1.807) is 18.2 Å². The fourth-order valence-electron chi connectivity index (χ4n) is 3.56. The van der Waals surface area contributed by atoms with Crippen LogP contribution in [0.3, 0.4) is 0 Å². The molecule has 2 aliphatic rings. The van der Waals surface area contributed by atoms with E-state index in [-0.39, 0.29) is 36.6 Å². The standard InChI is InChI=1S/C20H24BrN3O4/c21-14-7-8-15-16(13-14)20(28)24(19(15)27)11-4-5-17(25)22-9-12-23-10-3-1-2-6-18(23)26/h7-8,13H,1-6,9-12H2,(H,22,25). The molecule has 8 heteroatoms. The molecule has 0 bridgehead atoms. The van der Waals surface area contributed by atoms with E-state index in [4.69, 9.17) is 0 Å². The summed E-state index contributed by atoms with van der Waals surface area (Å²) in [6.07, 6.45) is 4.24. The molecule has 0 radical (unpaired) electrons. The first kappa shape index (κ1) is 20.5.